The van der Waals surface area contributed by atoms with E-state index < -0.39 is 0 Å². The Kier molecular flexibility index (Phi) is 31.5. The first-order valence-corrected chi connectivity index (χ1v) is 18.2. The maximum Gasteiger partial charge on any atom is 0.0431 e. The Morgan fingerprint density at radius 3 is 0.842 bits per heavy atom. The van der Waals surface area contributed by atoms with E-state index in [1.807, 2.05) is 0 Å². The van der Waals surface area contributed by atoms with Crippen molar-refractivity contribution < 1.29 is 5.11 Å². The minimum atomic E-state index is 0.370. The molecule has 0 aromatic heterocycles. The number of aliphatic hydroxyl groups is 1. The second kappa shape index (κ2) is 31.5. The van der Waals surface area contributed by atoms with Gasteiger partial charge in [0.1, 0.15) is 0 Å². The first-order chi connectivity index (χ1) is 18.6. The smallest absolute Gasteiger partial charge is 0.0431 e. The number of unbranched alkanes of at least 4 members (excludes halogenated alkanes) is 23. The van der Waals surface area contributed by atoms with Gasteiger partial charge in [0, 0.05) is 6.61 Å². The summed E-state index contributed by atoms with van der Waals surface area (Å²) < 4.78 is 0. The summed E-state index contributed by atoms with van der Waals surface area (Å²) in [5, 5.41) is 8.83. The number of aliphatic hydroxyl groups excluding tert-OH is 1. The molecule has 3 unspecified atom stereocenters. The lowest BCUT2D eigenvalue weighted by molar-refractivity contribution is 0.282. The summed E-state index contributed by atoms with van der Waals surface area (Å²) in [6.45, 7) is 10.1. The van der Waals surface area contributed by atoms with Crippen molar-refractivity contribution in [3.05, 3.63) is 0 Å². The minimum Gasteiger partial charge on any atom is -0.396 e. The molecule has 0 amide bonds. The second-order valence-electron chi connectivity index (χ2n) is 13.4. The predicted molar refractivity (Wildman–Crippen MR) is 174 cm³/mol. The van der Waals surface area contributed by atoms with Gasteiger partial charge in [-0.15, -0.1) is 0 Å². The number of hydrogen-bond acceptors (Lipinski definition) is 1. The molecule has 0 radical (unpaired) electrons. The van der Waals surface area contributed by atoms with Crippen LogP contribution < -0.4 is 0 Å². The van der Waals surface area contributed by atoms with Gasteiger partial charge in [0.15, 0.2) is 0 Å². The van der Waals surface area contributed by atoms with E-state index in [-0.39, 0.29) is 0 Å². The van der Waals surface area contributed by atoms with Gasteiger partial charge in [-0.3, -0.25) is 0 Å². The van der Waals surface area contributed by atoms with Gasteiger partial charge in [-0.1, -0.05) is 207 Å². The summed E-state index contributed by atoms with van der Waals surface area (Å²) >= 11 is 0. The van der Waals surface area contributed by atoms with Crippen LogP contribution in [0.3, 0.4) is 0 Å². The van der Waals surface area contributed by atoms with Crippen molar-refractivity contribution in [2.24, 2.45) is 17.8 Å². The van der Waals surface area contributed by atoms with E-state index >= 15 is 0 Å². The zero-order chi connectivity index (χ0) is 27.9. The van der Waals surface area contributed by atoms with Crippen LogP contribution in [0.2, 0.25) is 0 Å². The highest BCUT2D eigenvalue weighted by Crippen LogP contribution is 2.24. The third-order valence-electron chi connectivity index (χ3n) is 9.59. The lowest BCUT2D eigenvalue weighted by Gasteiger charge is -2.19. The van der Waals surface area contributed by atoms with Crippen LogP contribution in [0.5, 0.6) is 0 Å². The van der Waals surface area contributed by atoms with Gasteiger partial charge in [0.05, 0.1) is 0 Å². The Balaban J connectivity index is 3.23. The average Bonchev–Trinajstić information content (AvgIpc) is 2.92. The third kappa shape index (κ3) is 29.0. The van der Waals surface area contributed by atoms with Crippen molar-refractivity contribution >= 4 is 0 Å². The lowest BCUT2D eigenvalue weighted by Crippen LogP contribution is -2.08. The Morgan fingerprint density at radius 2 is 0.579 bits per heavy atom. The summed E-state index contributed by atoms with van der Waals surface area (Å²) in [6, 6.07) is 0. The van der Waals surface area contributed by atoms with Gasteiger partial charge in [-0.2, -0.15) is 0 Å². The highest BCUT2D eigenvalue weighted by Gasteiger charge is 2.11. The Hall–Kier alpha value is -0.0400. The van der Waals surface area contributed by atoms with Crippen molar-refractivity contribution in [3.8, 4) is 0 Å². The molecule has 1 nitrogen and oxygen atoms in total. The molecular formula is C37H76O. The molecule has 0 rings (SSSR count). The molecule has 0 aromatic rings. The van der Waals surface area contributed by atoms with Crippen LogP contribution >= 0.6 is 0 Å². The third-order valence-corrected chi connectivity index (χ3v) is 9.59. The molecule has 3 atom stereocenters. The largest absolute Gasteiger partial charge is 0.396 e. The molecule has 0 fully saturated rings. The van der Waals surface area contributed by atoms with E-state index in [4.69, 9.17) is 5.11 Å². The van der Waals surface area contributed by atoms with Crippen LogP contribution in [0, 0.1) is 17.8 Å². The zero-order valence-electron chi connectivity index (χ0n) is 27.4. The van der Waals surface area contributed by atoms with E-state index in [1.54, 1.807) is 0 Å². The zero-order valence-corrected chi connectivity index (χ0v) is 27.4. The molecule has 0 bridgehead atoms. The molecule has 0 saturated carbocycles. The fraction of sp³-hybridized carbons (Fsp3) is 1.00. The highest BCUT2D eigenvalue weighted by atomic mass is 16.2. The summed E-state index contributed by atoms with van der Waals surface area (Å²) in [6.07, 6.45) is 41.3. The summed E-state index contributed by atoms with van der Waals surface area (Å²) in [5.41, 5.74) is 0. The molecule has 1 N–H and O–H groups in total. The Labute approximate surface area is 243 Å². The van der Waals surface area contributed by atoms with E-state index in [0.29, 0.717) is 6.61 Å². The van der Waals surface area contributed by atoms with Gasteiger partial charge in [0.25, 0.3) is 0 Å². The topological polar surface area (TPSA) is 20.2 Å². The van der Waals surface area contributed by atoms with Crippen LogP contribution in [0.1, 0.15) is 214 Å². The molecule has 0 aliphatic carbocycles. The van der Waals surface area contributed by atoms with Crippen LogP contribution in [-0.4, -0.2) is 11.7 Å². The van der Waals surface area contributed by atoms with Gasteiger partial charge in [0.2, 0.25) is 0 Å². The van der Waals surface area contributed by atoms with Crippen molar-refractivity contribution in [2.75, 3.05) is 6.61 Å². The van der Waals surface area contributed by atoms with E-state index in [9.17, 15) is 0 Å². The van der Waals surface area contributed by atoms with E-state index in [1.165, 1.54) is 180 Å². The molecule has 1 heteroatoms. The molecule has 38 heavy (non-hydrogen) atoms. The maximum absolute atomic E-state index is 8.83. The first-order valence-electron chi connectivity index (χ1n) is 18.2. The fourth-order valence-corrected chi connectivity index (χ4v) is 6.02. The quantitative estimate of drug-likeness (QED) is 0.0847. The molecule has 0 saturated heterocycles. The standard InChI is InChI=1S/C37H76O/c1-5-35(2)31-27-23-19-16-14-12-10-8-6-7-9-11-13-15-17-20-24-28-32-36(3)37(4)33-29-25-21-18-22-26-30-34-38/h35-38H,5-34H2,1-4H3. The monoisotopic (exact) mass is 537 g/mol. The summed E-state index contributed by atoms with van der Waals surface area (Å²) in [4.78, 5) is 0. The normalized spacial score (nSPS) is 14.1. The molecule has 0 spiro atoms. The number of rotatable bonds is 32. The molecular weight excluding hydrogens is 460 g/mol. The summed E-state index contributed by atoms with van der Waals surface area (Å²) in [7, 11) is 0. The van der Waals surface area contributed by atoms with E-state index in [0.717, 1.165) is 24.2 Å². The second-order valence-corrected chi connectivity index (χ2v) is 13.4. The van der Waals surface area contributed by atoms with Crippen molar-refractivity contribution in [3.63, 3.8) is 0 Å². The average molecular weight is 537 g/mol. The van der Waals surface area contributed by atoms with Gasteiger partial charge in [-0.25, -0.2) is 0 Å². The van der Waals surface area contributed by atoms with Crippen molar-refractivity contribution in [1.82, 2.24) is 0 Å². The van der Waals surface area contributed by atoms with E-state index in [2.05, 4.69) is 27.7 Å². The van der Waals surface area contributed by atoms with Gasteiger partial charge >= 0.3 is 0 Å². The molecule has 0 aliphatic rings. The first kappa shape index (κ1) is 38.0. The predicted octanol–water partition coefficient (Wildman–Crippen LogP) is 13.2. The van der Waals surface area contributed by atoms with Crippen molar-refractivity contribution in [1.29, 1.82) is 0 Å². The minimum absolute atomic E-state index is 0.370. The molecule has 0 aromatic carbocycles. The van der Waals surface area contributed by atoms with Gasteiger partial charge in [-0.05, 0) is 24.2 Å². The van der Waals surface area contributed by atoms with Gasteiger partial charge < -0.3 is 5.11 Å². The van der Waals surface area contributed by atoms with Crippen LogP contribution in [-0.2, 0) is 0 Å². The molecule has 230 valence electrons. The number of hydrogen-bond donors (Lipinski definition) is 1. The maximum atomic E-state index is 8.83. The molecule has 0 aliphatic heterocycles. The van der Waals surface area contributed by atoms with Crippen LogP contribution in [0.4, 0.5) is 0 Å². The lowest BCUT2D eigenvalue weighted by atomic mass is 9.86. The van der Waals surface area contributed by atoms with Crippen molar-refractivity contribution in [2.45, 2.75) is 214 Å². The Bertz CT molecular complexity index is 419. The highest BCUT2D eigenvalue weighted by molar-refractivity contribution is 4.63. The summed E-state index contributed by atoms with van der Waals surface area (Å²) in [5.74, 6) is 2.75. The van der Waals surface area contributed by atoms with Crippen LogP contribution in [0.15, 0.2) is 0 Å². The Morgan fingerprint density at radius 1 is 0.342 bits per heavy atom. The molecule has 0 heterocycles. The fourth-order valence-electron chi connectivity index (χ4n) is 6.02. The van der Waals surface area contributed by atoms with Crippen LogP contribution in [0.25, 0.3) is 0 Å². The SMILES string of the molecule is CCC(C)CCCCCCCCCCCCCCCCCCCCC(C)C(C)CCCCCCCCCO.